The zero-order valence-electron chi connectivity index (χ0n) is 14.3. The average Bonchev–Trinajstić information content (AvgIpc) is 2.90. The summed E-state index contributed by atoms with van der Waals surface area (Å²) in [5.41, 5.74) is 1.81. The number of hydrogen-bond acceptors (Lipinski definition) is 4. The number of amides is 1. The van der Waals surface area contributed by atoms with Crippen LogP contribution in [0.3, 0.4) is 0 Å². The summed E-state index contributed by atoms with van der Waals surface area (Å²) in [5, 5.41) is 19.0. The third-order valence-corrected chi connectivity index (χ3v) is 5.21. The molecule has 0 unspecified atom stereocenters. The number of azo groups is 1. The monoisotopic (exact) mass is 469 g/mol. The van der Waals surface area contributed by atoms with Gasteiger partial charge in [-0.05, 0) is 49.7 Å². The number of carbonyl (C=O) groups is 1. The SMILES string of the molecule is Cc1cc2c(N=NC(=O)[C@H](C)Oc3ccc(Cl)cc3Cl)c(O)[nH]c2cc1Br. The van der Waals surface area contributed by atoms with E-state index in [1.54, 1.807) is 12.1 Å². The summed E-state index contributed by atoms with van der Waals surface area (Å²) in [5.74, 6) is -0.482. The highest BCUT2D eigenvalue weighted by Gasteiger charge is 2.18. The van der Waals surface area contributed by atoms with E-state index in [0.29, 0.717) is 21.7 Å². The molecular weight excluding hydrogens is 457 g/mol. The fraction of sp³-hybridized carbons (Fsp3) is 0.167. The molecule has 3 rings (SSSR count). The highest BCUT2D eigenvalue weighted by atomic mass is 79.9. The van der Waals surface area contributed by atoms with Crippen molar-refractivity contribution in [3.05, 3.63) is 50.4 Å². The van der Waals surface area contributed by atoms with Gasteiger partial charge in [0.15, 0.2) is 11.8 Å². The Morgan fingerprint density at radius 3 is 2.74 bits per heavy atom. The molecule has 0 radical (unpaired) electrons. The Morgan fingerprint density at radius 2 is 2.04 bits per heavy atom. The van der Waals surface area contributed by atoms with Gasteiger partial charge in [-0.15, -0.1) is 10.2 Å². The van der Waals surface area contributed by atoms with Gasteiger partial charge in [0, 0.05) is 14.9 Å². The minimum Gasteiger partial charge on any atom is -0.493 e. The number of fused-ring (bicyclic) bond motifs is 1. The molecule has 2 aromatic carbocycles. The number of carbonyl (C=O) groups excluding carboxylic acids is 1. The second kappa shape index (κ2) is 7.88. The molecule has 2 N–H and O–H groups in total. The Balaban J connectivity index is 1.81. The summed E-state index contributed by atoms with van der Waals surface area (Å²) in [4.78, 5) is 15.0. The summed E-state index contributed by atoms with van der Waals surface area (Å²) in [7, 11) is 0. The Kier molecular flexibility index (Phi) is 5.74. The lowest BCUT2D eigenvalue weighted by Crippen LogP contribution is -2.21. The first-order valence-corrected chi connectivity index (χ1v) is 9.39. The number of rotatable bonds is 4. The van der Waals surface area contributed by atoms with Crippen molar-refractivity contribution in [1.82, 2.24) is 4.98 Å². The fourth-order valence-electron chi connectivity index (χ4n) is 2.39. The predicted octanol–water partition coefficient (Wildman–Crippen LogP) is 6.33. The Morgan fingerprint density at radius 1 is 1.30 bits per heavy atom. The van der Waals surface area contributed by atoms with Gasteiger partial charge in [-0.3, -0.25) is 4.79 Å². The number of aromatic nitrogens is 1. The number of halogens is 3. The number of hydrogen-bond donors (Lipinski definition) is 2. The molecule has 0 aliphatic rings. The van der Waals surface area contributed by atoms with Crippen molar-refractivity contribution in [3.63, 3.8) is 0 Å². The van der Waals surface area contributed by atoms with Gasteiger partial charge in [0.25, 0.3) is 0 Å². The van der Waals surface area contributed by atoms with Gasteiger partial charge in [-0.2, -0.15) is 0 Å². The van der Waals surface area contributed by atoms with Crippen LogP contribution in [-0.2, 0) is 4.79 Å². The summed E-state index contributed by atoms with van der Waals surface area (Å²) in [6, 6.07) is 8.34. The first kappa shape index (κ1) is 19.7. The van der Waals surface area contributed by atoms with Crippen molar-refractivity contribution < 1.29 is 14.6 Å². The van der Waals surface area contributed by atoms with Crippen LogP contribution in [0.2, 0.25) is 10.0 Å². The number of H-pyrrole nitrogens is 1. The average molecular weight is 471 g/mol. The van der Waals surface area contributed by atoms with E-state index in [1.165, 1.54) is 13.0 Å². The van der Waals surface area contributed by atoms with Crippen molar-refractivity contribution in [2.45, 2.75) is 20.0 Å². The largest absolute Gasteiger partial charge is 0.493 e. The molecule has 0 aliphatic heterocycles. The molecule has 140 valence electrons. The zero-order valence-corrected chi connectivity index (χ0v) is 17.4. The number of aryl methyl sites for hydroxylation is 1. The van der Waals surface area contributed by atoms with E-state index in [-0.39, 0.29) is 16.6 Å². The van der Waals surface area contributed by atoms with Crippen LogP contribution < -0.4 is 4.74 Å². The molecule has 0 fully saturated rings. The first-order chi connectivity index (χ1) is 12.8. The molecular formula is C18H14BrCl2N3O3. The summed E-state index contributed by atoms with van der Waals surface area (Å²) in [6.07, 6.45) is -0.921. The van der Waals surface area contributed by atoms with Crippen LogP contribution in [0, 0.1) is 6.92 Å². The van der Waals surface area contributed by atoms with Crippen molar-refractivity contribution in [3.8, 4) is 11.6 Å². The number of ether oxygens (including phenoxy) is 1. The normalized spacial score (nSPS) is 12.6. The lowest BCUT2D eigenvalue weighted by Gasteiger charge is -2.12. The molecule has 0 spiro atoms. The molecule has 1 amide bonds. The van der Waals surface area contributed by atoms with Gasteiger partial charge < -0.3 is 14.8 Å². The molecule has 9 heteroatoms. The molecule has 6 nitrogen and oxygen atoms in total. The van der Waals surface area contributed by atoms with Crippen molar-refractivity contribution in [2.24, 2.45) is 10.2 Å². The Labute approximate surface area is 173 Å². The van der Waals surface area contributed by atoms with Crippen molar-refractivity contribution >= 4 is 61.6 Å². The number of aromatic hydroxyl groups is 1. The van der Waals surface area contributed by atoms with Crippen molar-refractivity contribution in [1.29, 1.82) is 0 Å². The quantitative estimate of drug-likeness (QED) is 0.436. The first-order valence-electron chi connectivity index (χ1n) is 7.84. The second-order valence-corrected chi connectivity index (χ2v) is 7.54. The van der Waals surface area contributed by atoms with Crippen LogP contribution in [-0.4, -0.2) is 22.1 Å². The number of nitrogens with one attached hydrogen (secondary N) is 1. The van der Waals surface area contributed by atoms with E-state index in [9.17, 15) is 9.90 Å². The molecule has 27 heavy (non-hydrogen) atoms. The second-order valence-electron chi connectivity index (χ2n) is 5.84. The molecule has 0 saturated carbocycles. The topological polar surface area (TPSA) is 87.0 Å². The van der Waals surface area contributed by atoms with Crippen LogP contribution in [0.5, 0.6) is 11.6 Å². The summed E-state index contributed by atoms with van der Waals surface area (Å²) < 4.78 is 6.40. The molecule has 1 aromatic heterocycles. The molecule has 3 aromatic rings. The van der Waals surface area contributed by atoms with Gasteiger partial charge in [0.05, 0.1) is 10.5 Å². The minimum atomic E-state index is -0.921. The predicted molar refractivity (Wildman–Crippen MR) is 108 cm³/mol. The van der Waals surface area contributed by atoms with E-state index in [2.05, 4.69) is 31.1 Å². The third-order valence-electron chi connectivity index (χ3n) is 3.83. The Hall–Kier alpha value is -2.09. The standard InChI is InChI=1S/C18H14BrCl2N3O3/c1-8-5-11-14(7-12(8)19)22-18(26)16(11)23-24-17(25)9(2)27-15-4-3-10(20)6-13(15)21/h3-7,9,22,26H,1-2H3/t9-/m0/s1. The number of aromatic amines is 1. The lowest BCUT2D eigenvalue weighted by atomic mass is 10.1. The number of nitrogens with zero attached hydrogens (tertiary/aromatic N) is 2. The van der Waals surface area contributed by atoms with Gasteiger partial charge >= 0.3 is 5.91 Å². The van der Waals surface area contributed by atoms with Crippen LogP contribution in [0.4, 0.5) is 5.69 Å². The van der Waals surface area contributed by atoms with E-state index in [4.69, 9.17) is 27.9 Å². The van der Waals surface area contributed by atoms with Crippen LogP contribution >= 0.6 is 39.1 Å². The van der Waals surface area contributed by atoms with Crippen molar-refractivity contribution in [2.75, 3.05) is 0 Å². The highest BCUT2D eigenvalue weighted by molar-refractivity contribution is 9.10. The molecule has 0 bridgehead atoms. The zero-order chi connectivity index (χ0) is 19.7. The van der Waals surface area contributed by atoms with Gasteiger partial charge in [-0.1, -0.05) is 39.1 Å². The van der Waals surface area contributed by atoms with Gasteiger partial charge in [-0.25, -0.2) is 0 Å². The third kappa shape index (κ3) is 4.26. The smallest absolute Gasteiger partial charge is 0.304 e. The van der Waals surface area contributed by atoms with Crippen LogP contribution in [0.1, 0.15) is 12.5 Å². The van der Waals surface area contributed by atoms with Gasteiger partial charge in [0.2, 0.25) is 5.88 Å². The van der Waals surface area contributed by atoms with Crippen LogP contribution in [0.15, 0.2) is 45.0 Å². The van der Waals surface area contributed by atoms with Crippen LogP contribution in [0.25, 0.3) is 10.9 Å². The minimum absolute atomic E-state index is 0.173. The summed E-state index contributed by atoms with van der Waals surface area (Å²) >= 11 is 15.3. The Bertz CT molecular complexity index is 1070. The highest BCUT2D eigenvalue weighted by Crippen LogP contribution is 2.38. The van der Waals surface area contributed by atoms with E-state index >= 15 is 0 Å². The van der Waals surface area contributed by atoms with E-state index < -0.39 is 12.0 Å². The molecule has 0 aliphatic carbocycles. The van der Waals surface area contributed by atoms with Gasteiger partial charge in [0.1, 0.15) is 5.75 Å². The maximum absolute atomic E-state index is 12.2. The molecule has 0 saturated heterocycles. The summed E-state index contributed by atoms with van der Waals surface area (Å²) in [6.45, 7) is 3.44. The van der Waals surface area contributed by atoms with E-state index in [0.717, 1.165) is 10.0 Å². The molecule has 1 atom stereocenters. The maximum Gasteiger partial charge on any atom is 0.304 e. The van der Waals surface area contributed by atoms with E-state index in [1.807, 2.05) is 19.1 Å². The maximum atomic E-state index is 12.2. The lowest BCUT2D eigenvalue weighted by molar-refractivity contribution is -0.124. The molecule has 1 heterocycles. The number of benzene rings is 2. The fourth-order valence-corrected chi connectivity index (χ4v) is 3.19.